The summed E-state index contributed by atoms with van der Waals surface area (Å²) in [5.74, 6) is 0.461. The van der Waals surface area contributed by atoms with Crippen molar-refractivity contribution >= 4 is 23.4 Å². The van der Waals surface area contributed by atoms with E-state index in [0.29, 0.717) is 25.3 Å². The van der Waals surface area contributed by atoms with Gasteiger partial charge in [0.15, 0.2) is 0 Å². The van der Waals surface area contributed by atoms with Crippen molar-refractivity contribution in [3.05, 3.63) is 29.8 Å². The van der Waals surface area contributed by atoms with Gasteiger partial charge in [-0.05, 0) is 42.9 Å². The molecule has 2 heterocycles. The molecular formula is C24H36N4O3. The third-order valence-corrected chi connectivity index (χ3v) is 6.18. The van der Waals surface area contributed by atoms with Crippen molar-refractivity contribution in [1.82, 2.24) is 14.7 Å². The number of nitrogens with one attached hydrogen (secondary N) is 1. The Balaban J connectivity index is 1.56. The van der Waals surface area contributed by atoms with Gasteiger partial charge in [-0.2, -0.15) is 0 Å². The standard InChI is InChI=1S/C24H36N4O3/c1-18(2)16-22(28-11-5-4-6-23(28)30)24(31)25-21-9-7-20(8-10-21)17-26-12-14-27(15-13-26)19(3)29/h7-10,18,22H,4-6,11-17H2,1-3H3,(H,25,31). The summed E-state index contributed by atoms with van der Waals surface area (Å²) in [7, 11) is 0. The van der Waals surface area contributed by atoms with Gasteiger partial charge in [0.25, 0.3) is 0 Å². The number of carbonyl (C=O) groups excluding carboxylic acids is 3. The van der Waals surface area contributed by atoms with E-state index in [2.05, 4.69) is 24.1 Å². The van der Waals surface area contributed by atoms with Crippen molar-refractivity contribution in [2.45, 2.75) is 59.0 Å². The first kappa shape index (κ1) is 23.3. The lowest BCUT2D eigenvalue weighted by molar-refractivity contribution is -0.141. The van der Waals surface area contributed by atoms with Crippen LogP contribution in [0.2, 0.25) is 0 Å². The molecule has 2 aliphatic heterocycles. The van der Waals surface area contributed by atoms with Gasteiger partial charge in [0, 0.05) is 58.3 Å². The Morgan fingerprint density at radius 3 is 2.26 bits per heavy atom. The molecule has 2 aliphatic rings. The van der Waals surface area contributed by atoms with Crippen molar-refractivity contribution in [2.24, 2.45) is 5.92 Å². The molecule has 0 saturated carbocycles. The van der Waals surface area contributed by atoms with Crippen LogP contribution in [-0.2, 0) is 20.9 Å². The maximum absolute atomic E-state index is 13.0. The average molecular weight is 429 g/mol. The second-order valence-electron chi connectivity index (χ2n) is 9.16. The number of anilines is 1. The summed E-state index contributed by atoms with van der Waals surface area (Å²) in [6, 6.07) is 7.53. The predicted molar refractivity (Wildman–Crippen MR) is 121 cm³/mol. The van der Waals surface area contributed by atoms with Gasteiger partial charge in [0.2, 0.25) is 17.7 Å². The Kier molecular flexibility index (Phi) is 8.07. The third kappa shape index (κ3) is 6.53. The van der Waals surface area contributed by atoms with Gasteiger partial charge in [-0.3, -0.25) is 19.3 Å². The molecule has 0 spiro atoms. The molecule has 3 rings (SSSR count). The molecule has 170 valence electrons. The Hall–Kier alpha value is -2.41. The number of likely N-dealkylation sites (tertiary alicyclic amines) is 1. The predicted octanol–water partition coefficient (Wildman–Crippen LogP) is 2.72. The summed E-state index contributed by atoms with van der Waals surface area (Å²) in [6.45, 7) is 10.6. The van der Waals surface area contributed by atoms with E-state index in [0.717, 1.165) is 51.3 Å². The highest BCUT2D eigenvalue weighted by Gasteiger charge is 2.31. The van der Waals surface area contributed by atoms with Gasteiger partial charge >= 0.3 is 0 Å². The van der Waals surface area contributed by atoms with E-state index in [1.807, 2.05) is 29.2 Å². The van der Waals surface area contributed by atoms with Crippen LogP contribution >= 0.6 is 0 Å². The highest BCUT2D eigenvalue weighted by atomic mass is 16.2. The van der Waals surface area contributed by atoms with Crippen LogP contribution < -0.4 is 5.32 Å². The summed E-state index contributed by atoms with van der Waals surface area (Å²) in [4.78, 5) is 42.9. The van der Waals surface area contributed by atoms with E-state index in [1.54, 1.807) is 11.8 Å². The zero-order valence-electron chi connectivity index (χ0n) is 19.1. The molecule has 0 aromatic heterocycles. The number of amides is 3. The highest BCUT2D eigenvalue weighted by Crippen LogP contribution is 2.21. The van der Waals surface area contributed by atoms with Crippen molar-refractivity contribution in [2.75, 3.05) is 38.0 Å². The number of benzene rings is 1. The first-order valence-electron chi connectivity index (χ1n) is 11.5. The summed E-state index contributed by atoms with van der Waals surface area (Å²) in [5.41, 5.74) is 1.94. The number of carbonyl (C=O) groups is 3. The van der Waals surface area contributed by atoms with Gasteiger partial charge in [0.1, 0.15) is 6.04 Å². The summed E-state index contributed by atoms with van der Waals surface area (Å²) in [5, 5.41) is 3.02. The van der Waals surface area contributed by atoms with E-state index < -0.39 is 6.04 Å². The molecular weight excluding hydrogens is 392 g/mol. The molecule has 1 aromatic carbocycles. The minimum atomic E-state index is -0.412. The van der Waals surface area contributed by atoms with Crippen LogP contribution in [0.3, 0.4) is 0 Å². The Morgan fingerprint density at radius 1 is 1.00 bits per heavy atom. The Bertz CT molecular complexity index is 770. The molecule has 3 amide bonds. The lowest BCUT2D eigenvalue weighted by atomic mass is 9.98. The Labute approximate surface area is 185 Å². The van der Waals surface area contributed by atoms with Crippen molar-refractivity contribution in [1.29, 1.82) is 0 Å². The molecule has 7 nitrogen and oxygen atoms in total. The molecule has 2 saturated heterocycles. The van der Waals surface area contributed by atoms with Crippen LogP contribution in [0.4, 0.5) is 5.69 Å². The number of hydrogen-bond acceptors (Lipinski definition) is 4. The maximum Gasteiger partial charge on any atom is 0.247 e. The first-order valence-corrected chi connectivity index (χ1v) is 11.5. The average Bonchev–Trinajstić information content (AvgIpc) is 2.74. The number of piperidine rings is 1. The normalized spacial score (nSPS) is 18.9. The summed E-state index contributed by atoms with van der Waals surface area (Å²) < 4.78 is 0. The quantitative estimate of drug-likeness (QED) is 0.725. The number of nitrogens with zero attached hydrogens (tertiary/aromatic N) is 3. The van der Waals surface area contributed by atoms with Gasteiger partial charge in [-0.25, -0.2) is 0 Å². The lowest BCUT2D eigenvalue weighted by Crippen LogP contribution is -2.49. The van der Waals surface area contributed by atoms with E-state index in [1.165, 1.54) is 5.56 Å². The molecule has 31 heavy (non-hydrogen) atoms. The minimum absolute atomic E-state index is 0.0901. The molecule has 2 fully saturated rings. The van der Waals surface area contributed by atoms with E-state index in [4.69, 9.17) is 0 Å². The maximum atomic E-state index is 13.0. The molecule has 1 unspecified atom stereocenters. The molecule has 0 aliphatic carbocycles. The van der Waals surface area contributed by atoms with Crippen LogP contribution in [0.15, 0.2) is 24.3 Å². The van der Waals surface area contributed by atoms with Gasteiger partial charge in [0.05, 0.1) is 0 Å². The highest BCUT2D eigenvalue weighted by molar-refractivity contribution is 5.97. The zero-order chi connectivity index (χ0) is 22.4. The van der Waals surface area contributed by atoms with Crippen molar-refractivity contribution < 1.29 is 14.4 Å². The number of rotatable bonds is 7. The molecule has 0 bridgehead atoms. The Morgan fingerprint density at radius 2 is 1.68 bits per heavy atom. The van der Waals surface area contributed by atoms with Crippen molar-refractivity contribution in [3.63, 3.8) is 0 Å². The molecule has 1 aromatic rings. The topological polar surface area (TPSA) is 73.0 Å². The molecule has 7 heteroatoms. The van der Waals surface area contributed by atoms with Crippen molar-refractivity contribution in [3.8, 4) is 0 Å². The van der Waals surface area contributed by atoms with Gasteiger partial charge in [-0.15, -0.1) is 0 Å². The SMILES string of the molecule is CC(=O)N1CCN(Cc2ccc(NC(=O)C(CC(C)C)N3CCCCC3=O)cc2)CC1. The minimum Gasteiger partial charge on any atom is -0.340 e. The largest absolute Gasteiger partial charge is 0.340 e. The smallest absolute Gasteiger partial charge is 0.247 e. The fourth-order valence-electron chi connectivity index (χ4n) is 4.38. The zero-order valence-corrected chi connectivity index (χ0v) is 19.1. The van der Waals surface area contributed by atoms with Crippen LogP contribution in [0.1, 0.15) is 52.0 Å². The second kappa shape index (κ2) is 10.8. The fourth-order valence-corrected chi connectivity index (χ4v) is 4.38. The van der Waals surface area contributed by atoms with Gasteiger partial charge in [-0.1, -0.05) is 26.0 Å². The summed E-state index contributed by atoms with van der Waals surface area (Å²) in [6.07, 6.45) is 3.08. The number of piperazine rings is 1. The van der Waals surface area contributed by atoms with E-state index in [9.17, 15) is 14.4 Å². The fraction of sp³-hybridized carbons (Fsp3) is 0.625. The van der Waals surface area contributed by atoms with Gasteiger partial charge < -0.3 is 15.1 Å². The van der Waals surface area contributed by atoms with Crippen LogP contribution in [0.25, 0.3) is 0 Å². The molecule has 1 N–H and O–H groups in total. The first-order chi connectivity index (χ1) is 14.8. The van der Waals surface area contributed by atoms with Crippen LogP contribution in [-0.4, -0.2) is 71.2 Å². The monoisotopic (exact) mass is 428 g/mol. The lowest BCUT2D eigenvalue weighted by Gasteiger charge is -2.34. The van der Waals surface area contributed by atoms with E-state index >= 15 is 0 Å². The molecule has 0 radical (unpaired) electrons. The van der Waals surface area contributed by atoms with E-state index in [-0.39, 0.29) is 17.7 Å². The molecule has 1 atom stereocenters. The second-order valence-corrected chi connectivity index (χ2v) is 9.16. The van der Waals surface area contributed by atoms with Crippen LogP contribution in [0.5, 0.6) is 0 Å². The number of hydrogen-bond donors (Lipinski definition) is 1. The summed E-state index contributed by atoms with van der Waals surface area (Å²) >= 11 is 0. The van der Waals surface area contributed by atoms with Crippen LogP contribution in [0, 0.1) is 5.92 Å². The third-order valence-electron chi connectivity index (χ3n) is 6.18.